The molecule has 0 aliphatic rings. The van der Waals surface area contributed by atoms with E-state index in [9.17, 15) is 9.50 Å². The van der Waals surface area contributed by atoms with E-state index in [1.165, 1.54) is 6.20 Å². The van der Waals surface area contributed by atoms with Crippen LogP contribution in [0.2, 0.25) is 15.1 Å². The lowest BCUT2D eigenvalue weighted by molar-refractivity contribution is 0.471. The lowest BCUT2D eigenvalue weighted by atomic mass is 9.96. The van der Waals surface area contributed by atoms with Crippen LogP contribution in [0.1, 0.15) is 22.7 Å². The molecule has 8 heteroatoms. The van der Waals surface area contributed by atoms with Gasteiger partial charge in [-0.25, -0.2) is 9.37 Å². The number of phenols is 1. The minimum Gasteiger partial charge on any atom is -0.505 e. The van der Waals surface area contributed by atoms with E-state index < -0.39 is 11.9 Å². The van der Waals surface area contributed by atoms with Crippen molar-refractivity contribution >= 4 is 51.5 Å². The Balaban J connectivity index is 1.91. The standard InChI is InChI=1S/C22H15Cl3FN3O/c1-11-17(25)10-28-22(18(11)26)29-20(14-7-5-13(23)9-16(14)24)15-6-4-12-3-2-8-27-19(12)21(15)30/h2-10,20,30H,1H3,(H,28,29). The van der Waals surface area contributed by atoms with Crippen LogP contribution in [0.5, 0.6) is 5.75 Å². The molecule has 4 aromatic rings. The van der Waals surface area contributed by atoms with Gasteiger partial charge < -0.3 is 10.4 Å². The van der Waals surface area contributed by atoms with Gasteiger partial charge in [-0.2, -0.15) is 0 Å². The minimum atomic E-state index is -0.733. The van der Waals surface area contributed by atoms with E-state index >= 15 is 0 Å². The van der Waals surface area contributed by atoms with Crippen LogP contribution >= 0.6 is 34.8 Å². The van der Waals surface area contributed by atoms with Crippen LogP contribution in [0.4, 0.5) is 10.2 Å². The van der Waals surface area contributed by atoms with Gasteiger partial charge in [0.1, 0.15) is 11.3 Å². The van der Waals surface area contributed by atoms with Gasteiger partial charge in [0, 0.05) is 39.0 Å². The van der Waals surface area contributed by atoms with E-state index in [1.54, 1.807) is 43.5 Å². The first kappa shape index (κ1) is 20.7. The molecule has 0 radical (unpaired) electrons. The second-order valence-corrected chi connectivity index (χ2v) is 7.97. The van der Waals surface area contributed by atoms with E-state index in [0.717, 1.165) is 5.39 Å². The summed E-state index contributed by atoms with van der Waals surface area (Å²) in [5.41, 5.74) is 1.73. The summed E-state index contributed by atoms with van der Waals surface area (Å²) >= 11 is 18.5. The Morgan fingerprint density at radius 2 is 1.77 bits per heavy atom. The van der Waals surface area contributed by atoms with Gasteiger partial charge in [-0.15, -0.1) is 0 Å². The zero-order chi connectivity index (χ0) is 21.4. The molecule has 30 heavy (non-hydrogen) atoms. The van der Waals surface area contributed by atoms with Crippen molar-refractivity contribution in [2.75, 3.05) is 5.32 Å². The van der Waals surface area contributed by atoms with Gasteiger partial charge in [0.05, 0.1) is 11.1 Å². The zero-order valence-corrected chi connectivity index (χ0v) is 17.9. The molecule has 152 valence electrons. The summed E-state index contributed by atoms with van der Waals surface area (Å²) in [5.74, 6) is -0.646. The Morgan fingerprint density at radius 1 is 1.00 bits per heavy atom. The van der Waals surface area contributed by atoms with Crippen LogP contribution < -0.4 is 5.32 Å². The first-order valence-electron chi connectivity index (χ1n) is 8.95. The third-order valence-electron chi connectivity index (χ3n) is 4.85. The second-order valence-electron chi connectivity index (χ2n) is 6.72. The maximum absolute atomic E-state index is 14.8. The van der Waals surface area contributed by atoms with Crippen molar-refractivity contribution in [2.45, 2.75) is 13.0 Å². The SMILES string of the molecule is Cc1c(Cl)cnc(NC(c2ccc(Cl)cc2Cl)c2ccc3cccnc3c2O)c1F. The summed E-state index contributed by atoms with van der Waals surface area (Å²) < 4.78 is 14.8. The Morgan fingerprint density at radius 3 is 2.53 bits per heavy atom. The highest BCUT2D eigenvalue weighted by Crippen LogP contribution is 2.39. The Hall–Kier alpha value is -2.60. The van der Waals surface area contributed by atoms with Gasteiger partial charge in [0.25, 0.3) is 0 Å². The third kappa shape index (κ3) is 3.76. The maximum atomic E-state index is 14.8. The molecule has 0 amide bonds. The second kappa shape index (κ2) is 8.26. The predicted octanol–water partition coefficient (Wildman–Crippen LogP) is 6.94. The van der Waals surface area contributed by atoms with Crippen molar-refractivity contribution in [3.63, 3.8) is 0 Å². The van der Waals surface area contributed by atoms with Crippen LogP contribution in [0.3, 0.4) is 0 Å². The summed E-state index contributed by atoms with van der Waals surface area (Å²) in [7, 11) is 0. The Kier molecular flexibility index (Phi) is 5.69. The monoisotopic (exact) mass is 461 g/mol. The van der Waals surface area contributed by atoms with E-state index in [-0.39, 0.29) is 22.2 Å². The average molecular weight is 463 g/mol. The van der Waals surface area contributed by atoms with Crippen LogP contribution in [0.25, 0.3) is 10.9 Å². The highest BCUT2D eigenvalue weighted by molar-refractivity contribution is 6.35. The van der Waals surface area contributed by atoms with Crippen LogP contribution in [0, 0.1) is 12.7 Å². The summed E-state index contributed by atoms with van der Waals surface area (Å²) in [4.78, 5) is 8.35. The smallest absolute Gasteiger partial charge is 0.169 e. The van der Waals surface area contributed by atoms with Gasteiger partial charge in [-0.05, 0) is 30.7 Å². The molecule has 4 rings (SSSR count). The van der Waals surface area contributed by atoms with Crippen molar-refractivity contribution in [3.8, 4) is 5.75 Å². The van der Waals surface area contributed by atoms with Crippen LogP contribution in [-0.4, -0.2) is 15.1 Å². The first-order valence-corrected chi connectivity index (χ1v) is 10.1. The van der Waals surface area contributed by atoms with Gasteiger partial charge in [0.2, 0.25) is 0 Å². The molecule has 2 aromatic carbocycles. The number of phenolic OH excluding ortho intramolecular Hbond substituents is 1. The molecule has 0 bridgehead atoms. The summed E-state index contributed by atoms with van der Waals surface area (Å²) in [6.45, 7) is 1.56. The molecule has 0 aliphatic heterocycles. The number of aromatic hydroxyl groups is 1. The molecule has 2 aromatic heterocycles. The van der Waals surface area contributed by atoms with Crippen molar-refractivity contribution in [2.24, 2.45) is 0 Å². The minimum absolute atomic E-state index is 0.0200. The van der Waals surface area contributed by atoms with Gasteiger partial charge in [-0.1, -0.05) is 59.1 Å². The van der Waals surface area contributed by atoms with E-state index in [1.807, 2.05) is 12.1 Å². The number of fused-ring (bicyclic) bond motifs is 1. The molecule has 1 atom stereocenters. The highest BCUT2D eigenvalue weighted by atomic mass is 35.5. The Bertz CT molecular complexity index is 1270. The molecule has 2 N–H and O–H groups in total. The fourth-order valence-corrected chi connectivity index (χ4v) is 3.88. The number of aromatic nitrogens is 2. The number of halogens is 4. The van der Waals surface area contributed by atoms with Gasteiger partial charge >= 0.3 is 0 Å². The summed E-state index contributed by atoms with van der Waals surface area (Å²) in [6, 6.07) is 11.4. The fourth-order valence-electron chi connectivity index (χ4n) is 3.23. The average Bonchev–Trinajstić information content (AvgIpc) is 2.73. The molecule has 0 saturated heterocycles. The topological polar surface area (TPSA) is 58.0 Å². The highest BCUT2D eigenvalue weighted by Gasteiger charge is 2.24. The lowest BCUT2D eigenvalue weighted by Crippen LogP contribution is -2.16. The molecular formula is C22H15Cl3FN3O. The third-order valence-corrected chi connectivity index (χ3v) is 5.79. The number of benzene rings is 2. The van der Waals surface area contributed by atoms with E-state index in [2.05, 4.69) is 15.3 Å². The van der Waals surface area contributed by atoms with E-state index in [0.29, 0.717) is 26.7 Å². The summed E-state index contributed by atoms with van der Waals surface area (Å²) in [5, 5.41) is 15.8. The fraction of sp³-hybridized carbons (Fsp3) is 0.0909. The van der Waals surface area contributed by atoms with Gasteiger partial charge in [0.15, 0.2) is 11.6 Å². The molecule has 0 fully saturated rings. The van der Waals surface area contributed by atoms with Crippen molar-refractivity contribution in [1.82, 2.24) is 9.97 Å². The number of hydrogen-bond acceptors (Lipinski definition) is 4. The zero-order valence-electron chi connectivity index (χ0n) is 15.6. The number of nitrogens with one attached hydrogen (secondary N) is 1. The number of anilines is 1. The number of hydrogen-bond donors (Lipinski definition) is 2. The van der Waals surface area contributed by atoms with Crippen LogP contribution in [0.15, 0.2) is 54.9 Å². The molecular weight excluding hydrogens is 448 g/mol. The number of pyridine rings is 2. The van der Waals surface area contributed by atoms with Crippen LogP contribution in [-0.2, 0) is 0 Å². The first-order chi connectivity index (χ1) is 14.4. The quantitative estimate of drug-likeness (QED) is 0.345. The van der Waals surface area contributed by atoms with Crippen molar-refractivity contribution in [3.05, 3.63) is 92.4 Å². The largest absolute Gasteiger partial charge is 0.505 e. The van der Waals surface area contributed by atoms with Crippen molar-refractivity contribution in [1.29, 1.82) is 0 Å². The molecule has 0 spiro atoms. The predicted molar refractivity (Wildman–Crippen MR) is 119 cm³/mol. The van der Waals surface area contributed by atoms with Gasteiger partial charge in [-0.3, -0.25) is 4.98 Å². The number of nitrogens with zero attached hydrogens (tertiary/aromatic N) is 2. The molecule has 1 unspecified atom stereocenters. The maximum Gasteiger partial charge on any atom is 0.169 e. The lowest BCUT2D eigenvalue weighted by Gasteiger charge is -2.23. The van der Waals surface area contributed by atoms with E-state index in [4.69, 9.17) is 34.8 Å². The molecule has 4 nitrogen and oxygen atoms in total. The normalized spacial score (nSPS) is 12.2. The molecule has 2 heterocycles. The molecule has 0 aliphatic carbocycles. The number of rotatable bonds is 4. The molecule has 0 saturated carbocycles. The van der Waals surface area contributed by atoms with Crippen molar-refractivity contribution < 1.29 is 9.50 Å². The summed E-state index contributed by atoms with van der Waals surface area (Å²) in [6.07, 6.45) is 2.96. The Labute approximate surface area is 187 Å².